The number of nitrogens with zero attached hydrogens (tertiary/aromatic N) is 2. The quantitative estimate of drug-likeness (QED) is 0.833. The fourth-order valence-corrected chi connectivity index (χ4v) is 4.45. The van der Waals surface area contributed by atoms with Crippen LogP contribution in [-0.4, -0.2) is 49.0 Å². The zero-order chi connectivity index (χ0) is 16.6. The molecule has 0 bridgehead atoms. The summed E-state index contributed by atoms with van der Waals surface area (Å²) in [7, 11) is 1.69. The maximum atomic E-state index is 13.2. The Morgan fingerprint density at radius 3 is 2.92 bits per heavy atom. The molecule has 4 heteroatoms. The number of piperidine rings is 1. The molecule has 1 aliphatic carbocycles. The molecule has 4 rings (SSSR count). The van der Waals surface area contributed by atoms with Gasteiger partial charge in [0.2, 0.25) is 5.91 Å². The lowest BCUT2D eigenvalue weighted by molar-refractivity contribution is -0.146. The van der Waals surface area contributed by atoms with Crippen LogP contribution in [0.5, 0.6) is 5.75 Å². The molecule has 3 aliphatic rings. The Kier molecular flexibility index (Phi) is 4.25. The highest BCUT2D eigenvalue weighted by Crippen LogP contribution is 2.42. The van der Waals surface area contributed by atoms with E-state index in [-0.39, 0.29) is 5.41 Å². The molecule has 24 heavy (non-hydrogen) atoms. The van der Waals surface area contributed by atoms with Gasteiger partial charge >= 0.3 is 0 Å². The monoisotopic (exact) mass is 328 g/mol. The topological polar surface area (TPSA) is 32.8 Å². The van der Waals surface area contributed by atoms with Gasteiger partial charge in [-0.1, -0.05) is 12.1 Å². The van der Waals surface area contributed by atoms with Crippen molar-refractivity contribution in [2.75, 3.05) is 33.3 Å². The van der Waals surface area contributed by atoms with Gasteiger partial charge in [0.25, 0.3) is 0 Å². The molecule has 1 saturated carbocycles. The van der Waals surface area contributed by atoms with Crippen LogP contribution in [0.1, 0.15) is 37.7 Å². The van der Waals surface area contributed by atoms with Crippen molar-refractivity contribution in [3.05, 3.63) is 29.8 Å². The number of likely N-dealkylation sites (tertiary alicyclic amines) is 2. The van der Waals surface area contributed by atoms with E-state index in [0.717, 1.165) is 56.1 Å². The van der Waals surface area contributed by atoms with E-state index in [1.165, 1.54) is 19.4 Å². The summed E-state index contributed by atoms with van der Waals surface area (Å²) in [6.45, 7) is 4.90. The van der Waals surface area contributed by atoms with Crippen molar-refractivity contribution in [3.63, 3.8) is 0 Å². The Hall–Kier alpha value is -1.55. The van der Waals surface area contributed by atoms with Crippen molar-refractivity contribution in [2.24, 2.45) is 11.3 Å². The third-order valence-electron chi connectivity index (χ3n) is 5.98. The summed E-state index contributed by atoms with van der Waals surface area (Å²) in [6, 6.07) is 8.09. The summed E-state index contributed by atoms with van der Waals surface area (Å²) < 4.78 is 5.31. The van der Waals surface area contributed by atoms with Crippen molar-refractivity contribution in [2.45, 2.75) is 38.6 Å². The summed E-state index contributed by atoms with van der Waals surface area (Å²) in [5.41, 5.74) is 1.05. The number of carbonyl (C=O) groups is 1. The summed E-state index contributed by atoms with van der Waals surface area (Å²) in [5, 5.41) is 0. The lowest BCUT2D eigenvalue weighted by Crippen LogP contribution is -2.49. The van der Waals surface area contributed by atoms with Gasteiger partial charge in [0.15, 0.2) is 0 Å². The minimum atomic E-state index is -0.105. The molecule has 0 N–H and O–H groups in total. The average molecular weight is 328 g/mol. The summed E-state index contributed by atoms with van der Waals surface area (Å²) in [6.07, 6.45) is 6.03. The van der Waals surface area contributed by atoms with Crippen LogP contribution in [0.2, 0.25) is 0 Å². The van der Waals surface area contributed by atoms with Gasteiger partial charge in [-0.05, 0) is 62.3 Å². The SMILES string of the molecule is COc1cccc(CN2CCC[C@@]3(CCN(CC4CC4)C3)C2=O)c1. The van der Waals surface area contributed by atoms with Crippen molar-refractivity contribution < 1.29 is 9.53 Å². The van der Waals surface area contributed by atoms with Gasteiger partial charge in [-0.25, -0.2) is 0 Å². The summed E-state index contributed by atoms with van der Waals surface area (Å²) in [5.74, 6) is 2.16. The zero-order valence-electron chi connectivity index (χ0n) is 14.7. The Bertz CT molecular complexity index is 613. The van der Waals surface area contributed by atoms with Crippen LogP contribution in [-0.2, 0) is 11.3 Å². The Morgan fingerprint density at radius 2 is 2.12 bits per heavy atom. The van der Waals surface area contributed by atoms with Crippen LogP contribution in [0, 0.1) is 11.3 Å². The first-order valence-corrected chi connectivity index (χ1v) is 9.33. The van der Waals surface area contributed by atoms with Crippen LogP contribution in [0.3, 0.4) is 0 Å². The van der Waals surface area contributed by atoms with Crippen LogP contribution >= 0.6 is 0 Å². The number of ether oxygens (including phenoxy) is 1. The predicted octanol–water partition coefficient (Wildman–Crippen LogP) is 2.92. The van der Waals surface area contributed by atoms with Gasteiger partial charge in [0, 0.05) is 26.2 Å². The second kappa shape index (κ2) is 6.40. The summed E-state index contributed by atoms with van der Waals surface area (Å²) >= 11 is 0. The molecule has 2 aliphatic heterocycles. The molecule has 1 amide bonds. The minimum absolute atomic E-state index is 0.105. The molecule has 130 valence electrons. The first kappa shape index (κ1) is 15.9. The van der Waals surface area contributed by atoms with E-state index < -0.39 is 0 Å². The molecule has 1 spiro atoms. The molecule has 1 aromatic rings. The number of hydrogen-bond donors (Lipinski definition) is 0. The maximum Gasteiger partial charge on any atom is 0.230 e. The fraction of sp³-hybridized carbons (Fsp3) is 0.650. The molecule has 2 saturated heterocycles. The van der Waals surface area contributed by atoms with E-state index in [1.807, 2.05) is 18.2 Å². The van der Waals surface area contributed by atoms with Crippen molar-refractivity contribution in [1.29, 1.82) is 0 Å². The standard InChI is InChI=1S/C20H28N2O2/c1-24-18-5-2-4-17(12-18)14-22-10-3-8-20(19(22)23)9-11-21(15-20)13-16-6-7-16/h2,4-5,12,16H,3,6-11,13-15H2,1H3/t20-/m0/s1. The number of rotatable bonds is 5. The van der Waals surface area contributed by atoms with Crippen LogP contribution < -0.4 is 4.74 Å². The third-order valence-corrected chi connectivity index (χ3v) is 5.98. The Balaban J connectivity index is 1.44. The Morgan fingerprint density at radius 1 is 1.25 bits per heavy atom. The first-order valence-electron chi connectivity index (χ1n) is 9.33. The van der Waals surface area contributed by atoms with Gasteiger partial charge in [-0.3, -0.25) is 4.79 Å². The van der Waals surface area contributed by atoms with Gasteiger partial charge in [0.05, 0.1) is 12.5 Å². The average Bonchev–Trinajstić information content (AvgIpc) is 3.32. The van der Waals surface area contributed by atoms with Crippen LogP contribution in [0.15, 0.2) is 24.3 Å². The summed E-state index contributed by atoms with van der Waals surface area (Å²) in [4.78, 5) is 17.9. The smallest absolute Gasteiger partial charge is 0.230 e. The third kappa shape index (κ3) is 3.16. The van der Waals surface area contributed by atoms with E-state index in [9.17, 15) is 4.79 Å². The molecule has 0 radical (unpaired) electrons. The number of carbonyl (C=O) groups excluding carboxylic acids is 1. The number of hydrogen-bond acceptors (Lipinski definition) is 3. The molecule has 4 nitrogen and oxygen atoms in total. The van der Waals surface area contributed by atoms with E-state index >= 15 is 0 Å². The van der Waals surface area contributed by atoms with E-state index in [2.05, 4.69) is 15.9 Å². The maximum absolute atomic E-state index is 13.2. The molecule has 2 heterocycles. The normalized spacial score (nSPS) is 27.9. The molecule has 1 aromatic carbocycles. The van der Waals surface area contributed by atoms with Crippen LogP contribution in [0.4, 0.5) is 0 Å². The van der Waals surface area contributed by atoms with E-state index in [1.54, 1.807) is 7.11 Å². The first-order chi connectivity index (χ1) is 11.7. The molecule has 1 atom stereocenters. The highest BCUT2D eigenvalue weighted by Gasteiger charge is 2.48. The lowest BCUT2D eigenvalue weighted by atomic mass is 9.78. The molecule has 0 aromatic heterocycles. The van der Waals surface area contributed by atoms with Crippen molar-refractivity contribution in [1.82, 2.24) is 9.80 Å². The van der Waals surface area contributed by atoms with Gasteiger partial charge in [0.1, 0.15) is 5.75 Å². The Labute approximate surface area is 144 Å². The van der Waals surface area contributed by atoms with Crippen molar-refractivity contribution >= 4 is 5.91 Å². The van der Waals surface area contributed by atoms with Gasteiger partial charge in [-0.2, -0.15) is 0 Å². The second-order valence-electron chi connectivity index (χ2n) is 7.89. The highest BCUT2D eigenvalue weighted by atomic mass is 16.5. The number of methoxy groups -OCH3 is 1. The number of amides is 1. The molecule has 0 unspecified atom stereocenters. The predicted molar refractivity (Wildman–Crippen MR) is 93.9 cm³/mol. The lowest BCUT2D eigenvalue weighted by Gasteiger charge is -2.39. The van der Waals surface area contributed by atoms with Gasteiger partial charge in [-0.15, -0.1) is 0 Å². The molecular weight excluding hydrogens is 300 g/mol. The zero-order valence-corrected chi connectivity index (χ0v) is 14.7. The highest BCUT2D eigenvalue weighted by molar-refractivity contribution is 5.84. The van der Waals surface area contributed by atoms with Crippen LogP contribution in [0.25, 0.3) is 0 Å². The van der Waals surface area contributed by atoms with Crippen molar-refractivity contribution in [3.8, 4) is 5.75 Å². The minimum Gasteiger partial charge on any atom is -0.497 e. The van der Waals surface area contributed by atoms with Gasteiger partial charge < -0.3 is 14.5 Å². The fourth-order valence-electron chi connectivity index (χ4n) is 4.45. The van der Waals surface area contributed by atoms with E-state index in [0.29, 0.717) is 12.5 Å². The largest absolute Gasteiger partial charge is 0.497 e. The van der Waals surface area contributed by atoms with E-state index in [4.69, 9.17) is 4.74 Å². The molecule has 3 fully saturated rings. The number of benzene rings is 1. The second-order valence-corrected chi connectivity index (χ2v) is 7.89. The molecular formula is C20H28N2O2.